The fraction of sp³-hybridized carbons (Fsp3) is 0.700. The van der Waals surface area contributed by atoms with E-state index in [4.69, 9.17) is 0 Å². The molecule has 3 rings (SSSR count). The van der Waals surface area contributed by atoms with Gasteiger partial charge in [0, 0.05) is 25.8 Å². The van der Waals surface area contributed by atoms with Crippen LogP contribution in [0.4, 0.5) is 4.79 Å². The van der Waals surface area contributed by atoms with Crippen LogP contribution < -0.4 is 5.32 Å². The maximum atomic E-state index is 13.0. The first-order chi connectivity index (χ1) is 13.2. The molecule has 1 aromatic heterocycles. The normalized spacial score (nSPS) is 20.2. The number of imide groups is 1. The Bertz CT molecular complexity index is 794. The van der Waals surface area contributed by atoms with Gasteiger partial charge in [-0.1, -0.05) is 19.3 Å². The van der Waals surface area contributed by atoms with Crippen molar-refractivity contribution in [2.24, 2.45) is 7.05 Å². The molecule has 2 aliphatic rings. The number of carbonyl (C=O) groups is 3. The van der Waals surface area contributed by atoms with Crippen molar-refractivity contribution in [1.29, 1.82) is 0 Å². The van der Waals surface area contributed by atoms with Gasteiger partial charge in [-0.05, 0) is 45.6 Å². The van der Waals surface area contributed by atoms with E-state index in [9.17, 15) is 14.4 Å². The molecule has 0 unspecified atom stereocenters. The number of carbonyl (C=O) groups excluding carboxylic acids is 3. The van der Waals surface area contributed by atoms with Crippen molar-refractivity contribution in [3.8, 4) is 0 Å². The summed E-state index contributed by atoms with van der Waals surface area (Å²) in [4.78, 5) is 40.8. The van der Waals surface area contributed by atoms with E-state index in [1.165, 1.54) is 0 Å². The molecule has 1 aromatic rings. The average molecular weight is 390 g/mol. The summed E-state index contributed by atoms with van der Waals surface area (Å²) >= 11 is 0. The van der Waals surface area contributed by atoms with Gasteiger partial charge >= 0.3 is 6.03 Å². The highest BCUT2D eigenvalue weighted by Crippen LogP contribution is 2.39. The first-order valence-corrected chi connectivity index (χ1v) is 10.1. The van der Waals surface area contributed by atoms with Crippen molar-refractivity contribution >= 4 is 17.8 Å². The first kappa shape index (κ1) is 20.4. The smallest absolute Gasteiger partial charge is 0.327 e. The second-order valence-electron chi connectivity index (χ2n) is 8.27. The zero-order valence-corrected chi connectivity index (χ0v) is 17.5. The van der Waals surface area contributed by atoms with E-state index in [1.54, 1.807) is 11.9 Å². The van der Waals surface area contributed by atoms with Crippen LogP contribution in [0.2, 0.25) is 0 Å². The topological polar surface area (TPSA) is 87.5 Å². The van der Waals surface area contributed by atoms with E-state index in [1.807, 2.05) is 32.5 Å². The number of likely N-dealkylation sites (N-methyl/N-ethyl adjacent to an activating group) is 1. The molecule has 1 spiro atoms. The lowest BCUT2D eigenvalue weighted by Gasteiger charge is -2.35. The SMILES string of the molecule is Cc1nn(C)c(C)c1C[C@@H](C)NC(=O)CN1C(=O)N(C)C2(CCCCC2)C1=O. The molecule has 1 N–H and O–H groups in total. The standard InChI is InChI=1S/C20H31N5O3/c1-13(11-16-14(2)22-24(5)15(16)3)21-17(26)12-25-18(27)20(23(4)19(25)28)9-7-6-8-10-20/h13H,6-12H2,1-5H3,(H,21,26)/t13-/m1/s1. The third-order valence-corrected chi connectivity index (χ3v) is 6.36. The predicted molar refractivity (Wildman–Crippen MR) is 105 cm³/mol. The largest absolute Gasteiger partial charge is 0.352 e. The van der Waals surface area contributed by atoms with Gasteiger partial charge in [0.05, 0.1) is 5.69 Å². The molecule has 8 heteroatoms. The van der Waals surface area contributed by atoms with Crippen molar-refractivity contribution in [1.82, 2.24) is 24.9 Å². The van der Waals surface area contributed by atoms with E-state index in [-0.39, 0.29) is 30.4 Å². The van der Waals surface area contributed by atoms with Crippen LogP contribution >= 0.6 is 0 Å². The van der Waals surface area contributed by atoms with Crippen LogP contribution in [0.3, 0.4) is 0 Å². The molecule has 1 saturated carbocycles. The molecule has 0 aromatic carbocycles. The third-order valence-electron chi connectivity index (χ3n) is 6.36. The number of rotatable bonds is 5. The number of nitrogens with one attached hydrogen (secondary N) is 1. The number of aryl methyl sites for hydroxylation is 2. The molecule has 2 heterocycles. The molecule has 8 nitrogen and oxygen atoms in total. The van der Waals surface area contributed by atoms with Gasteiger partial charge in [-0.2, -0.15) is 5.10 Å². The number of aromatic nitrogens is 2. The lowest BCUT2D eigenvalue weighted by atomic mass is 9.81. The lowest BCUT2D eigenvalue weighted by Crippen LogP contribution is -2.49. The zero-order chi connectivity index (χ0) is 20.6. The van der Waals surface area contributed by atoms with Crippen molar-refractivity contribution in [3.05, 3.63) is 17.0 Å². The second kappa shape index (κ2) is 7.56. The molecule has 4 amide bonds. The molecule has 2 fully saturated rings. The summed E-state index contributed by atoms with van der Waals surface area (Å²) in [5.74, 6) is -0.531. The van der Waals surface area contributed by atoms with Gasteiger partial charge in [-0.3, -0.25) is 19.2 Å². The van der Waals surface area contributed by atoms with Crippen LogP contribution in [0, 0.1) is 13.8 Å². The lowest BCUT2D eigenvalue weighted by molar-refractivity contribution is -0.137. The van der Waals surface area contributed by atoms with Gasteiger partial charge in [-0.25, -0.2) is 4.79 Å². The highest BCUT2D eigenvalue weighted by atomic mass is 16.2. The van der Waals surface area contributed by atoms with Gasteiger partial charge < -0.3 is 10.2 Å². The average Bonchev–Trinajstić information content (AvgIpc) is 2.98. The third kappa shape index (κ3) is 3.40. The Kier molecular flexibility index (Phi) is 5.50. The van der Waals surface area contributed by atoms with Crippen molar-refractivity contribution < 1.29 is 14.4 Å². The Morgan fingerprint density at radius 1 is 1.18 bits per heavy atom. The Labute approximate surface area is 166 Å². The van der Waals surface area contributed by atoms with E-state index in [0.717, 1.165) is 41.1 Å². The highest BCUT2D eigenvalue weighted by Gasteiger charge is 2.55. The monoisotopic (exact) mass is 389 g/mol. The van der Waals surface area contributed by atoms with Crippen LogP contribution in [0.5, 0.6) is 0 Å². The molecule has 0 bridgehead atoms. The van der Waals surface area contributed by atoms with E-state index >= 15 is 0 Å². The fourth-order valence-corrected chi connectivity index (χ4v) is 4.61. The Morgan fingerprint density at radius 2 is 1.82 bits per heavy atom. The number of amides is 4. The summed E-state index contributed by atoms with van der Waals surface area (Å²) in [5, 5.41) is 7.33. The quantitative estimate of drug-likeness (QED) is 0.776. The van der Waals surface area contributed by atoms with Crippen molar-refractivity contribution in [2.45, 2.75) is 70.9 Å². The number of nitrogens with zero attached hydrogens (tertiary/aromatic N) is 4. The Morgan fingerprint density at radius 3 is 2.39 bits per heavy atom. The van der Waals surface area contributed by atoms with E-state index < -0.39 is 5.54 Å². The molecule has 1 aliphatic heterocycles. The molecule has 1 aliphatic carbocycles. The minimum atomic E-state index is -0.745. The van der Waals surface area contributed by atoms with Crippen molar-refractivity contribution in [2.75, 3.05) is 13.6 Å². The minimum absolute atomic E-state index is 0.122. The molecule has 1 atom stereocenters. The van der Waals surface area contributed by atoms with Gasteiger partial charge in [-0.15, -0.1) is 0 Å². The van der Waals surface area contributed by atoms with Crippen LogP contribution in [0.15, 0.2) is 0 Å². The number of urea groups is 1. The second-order valence-corrected chi connectivity index (χ2v) is 8.27. The highest BCUT2D eigenvalue weighted by molar-refractivity contribution is 6.08. The summed E-state index contributed by atoms with van der Waals surface area (Å²) in [6, 6.07) is -0.489. The van der Waals surface area contributed by atoms with Gasteiger partial charge in [0.25, 0.3) is 5.91 Å². The van der Waals surface area contributed by atoms with Crippen LogP contribution in [0.25, 0.3) is 0 Å². The molecule has 1 saturated heterocycles. The van der Waals surface area contributed by atoms with Gasteiger partial charge in [0.15, 0.2) is 0 Å². The summed E-state index contributed by atoms with van der Waals surface area (Å²) in [7, 11) is 3.58. The van der Waals surface area contributed by atoms with Gasteiger partial charge in [0.2, 0.25) is 5.91 Å². The van der Waals surface area contributed by atoms with Crippen LogP contribution in [-0.4, -0.2) is 62.6 Å². The summed E-state index contributed by atoms with van der Waals surface area (Å²) in [6.45, 7) is 5.66. The summed E-state index contributed by atoms with van der Waals surface area (Å²) < 4.78 is 1.83. The predicted octanol–water partition coefficient (Wildman–Crippen LogP) is 1.68. The van der Waals surface area contributed by atoms with Crippen LogP contribution in [-0.2, 0) is 23.1 Å². The first-order valence-electron chi connectivity index (χ1n) is 10.1. The Hall–Kier alpha value is -2.38. The van der Waals surface area contributed by atoms with Crippen molar-refractivity contribution in [3.63, 3.8) is 0 Å². The summed E-state index contributed by atoms with van der Waals surface area (Å²) in [5.41, 5.74) is 2.39. The van der Waals surface area contributed by atoms with Crippen LogP contribution in [0.1, 0.15) is 56.0 Å². The minimum Gasteiger partial charge on any atom is -0.352 e. The van der Waals surface area contributed by atoms with E-state index in [2.05, 4.69) is 10.4 Å². The molecule has 154 valence electrons. The Balaban J connectivity index is 1.62. The maximum absolute atomic E-state index is 13.0. The molecule has 28 heavy (non-hydrogen) atoms. The maximum Gasteiger partial charge on any atom is 0.327 e. The zero-order valence-electron chi connectivity index (χ0n) is 17.5. The fourth-order valence-electron chi connectivity index (χ4n) is 4.61. The molecule has 0 radical (unpaired) electrons. The molecular formula is C20H31N5O3. The molecular weight excluding hydrogens is 358 g/mol. The number of hydrogen-bond acceptors (Lipinski definition) is 4. The van der Waals surface area contributed by atoms with E-state index in [0.29, 0.717) is 19.3 Å². The van der Waals surface area contributed by atoms with Gasteiger partial charge in [0.1, 0.15) is 12.1 Å². The number of hydrogen-bond donors (Lipinski definition) is 1. The summed E-state index contributed by atoms with van der Waals surface area (Å²) in [6.07, 6.45) is 4.98.